The van der Waals surface area contributed by atoms with Gasteiger partial charge in [-0.25, -0.2) is 0 Å². The van der Waals surface area contributed by atoms with Gasteiger partial charge in [0, 0.05) is 36.8 Å². The van der Waals surface area contributed by atoms with Crippen LogP contribution in [0, 0.1) is 0 Å². The summed E-state index contributed by atoms with van der Waals surface area (Å²) in [4.78, 5) is 0. The van der Waals surface area contributed by atoms with Gasteiger partial charge in [0.1, 0.15) is 8.64 Å². The zero-order chi connectivity index (χ0) is 9.98. The first-order valence-corrected chi connectivity index (χ1v) is 5.19. The van der Waals surface area contributed by atoms with Crippen LogP contribution in [0.3, 0.4) is 0 Å². The summed E-state index contributed by atoms with van der Waals surface area (Å²) in [5.41, 5.74) is 0. The summed E-state index contributed by atoms with van der Waals surface area (Å²) in [6.07, 6.45) is 0. The fourth-order valence-electron chi connectivity index (χ4n) is 0.302. The molecule has 0 saturated heterocycles. The molecule has 2 radical (unpaired) electrons. The Morgan fingerprint density at radius 1 is 1.00 bits per heavy atom. The second-order valence-electron chi connectivity index (χ2n) is 1.67. The van der Waals surface area contributed by atoms with Crippen molar-refractivity contribution in [2.24, 2.45) is 0 Å². The molecular formula is C6H14N2S4Te. The zero-order valence-electron chi connectivity index (χ0n) is 7.53. The van der Waals surface area contributed by atoms with Crippen LogP contribution in [-0.4, -0.2) is 45.4 Å². The van der Waals surface area contributed by atoms with E-state index in [-0.39, 0.29) is 23.7 Å². The molecule has 2 nitrogen and oxygen atoms in total. The molecule has 0 saturated carbocycles. The van der Waals surface area contributed by atoms with Crippen LogP contribution in [0.25, 0.3) is 0 Å². The van der Waals surface area contributed by atoms with E-state index in [0.29, 0.717) is 8.64 Å². The molecule has 7 heteroatoms. The third kappa shape index (κ3) is 31.9. The van der Waals surface area contributed by atoms with Gasteiger partial charge < -0.3 is 10.6 Å². The minimum Gasteiger partial charge on any atom is -0.371 e. The number of hydrogen-bond donors (Lipinski definition) is 4. The van der Waals surface area contributed by atoms with Gasteiger partial charge in [0.05, 0.1) is 0 Å². The predicted octanol–water partition coefficient (Wildman–Crippen LogP) is 1.24. The van der Waals surface area contributed by atoms with Crippen LogP contribution in [0.15, 0.2) is 0 Å². The van der Waals surface area contributed by atoms with E-state index in [4.69, 9.17) is 0 Å². The molecule has 0 amide bonds. The van der Waals surface area contributed by atoms with Gasteiger partial charge in [-0.1, -0.05) is 24.4 Å². The Kier molecular flexibility index (Phi) is 23.9. The fraction of sp³-hybridized carbons (Fsp3) is 0.667. The molecule has 0 heterocycles. The van der Waals surface area contributed by atoms with Crippen molar-refractivity contribution < 1.29 is 0 Å². The molecule has 0 aliphatic carbocycles. The SMILES string of the molecule is CCNC(=S)S.CCNC(=S)S.[Te]. The van der Waals surface area contributed by atoms with Gasteiger partial charge in [0.15, 0.2) is 0 Å². The summed E-state index contributed by atoms with van der Waals surface area (Å²) in [6.45, 7) is 5.68. The zero-order valence-corrected chi connectivity index (χ0v) is 13.3. The summed E-state index contributed by atoms with van der Waals surface area (Å²) in [5.74, 6) is 0. The molecule has 0 aliphatic heterocycles. The van der Waals surface area contributed by atoms with Crippen LogP contribution in [0.2, 0.25) is 0 Å². The van der Waals surface area contributed by atoms with Crippen molar-refractivity contribution in [2.45, 2.75) is 13.8 Å². The van der Waals surface area contributed by atoms with E-state index in [1.807, 2.05) is 13.8 Å². The van der Waals surface area contributed by atoms with E-state index in [1.165, 1.54) is 0 Å². The Labute approximate surface area is 119 Å². The molecule has 2 N–H and O–H groups in total. The van der Waals surface area contributed by atoms with Crippen LogP contribution < -0.4 is 10.6 Å². The minimum absolute atomic E-state index is 0. The van der Waals surface area contributed by atoms with Crippen LogP contribution in [0.4, 0.5) is 0 Å². The van der Waals surface area contributed by atoms with Gasteiger partial charge in [0.2, 0.25) is 0 Å². The molecule has 0 aromatic rings. The molecule has 0 aromatic carbocycles. The molecule has 78 valence electrons. The van der Waals surface area contributed by atoms with E-state index in [9.17, 15) is 0 Å². The average Bonchev–Trinajstić information content (AvgIpc) is 1.87. The predicted molar refractivity (Wildman–Crippen MR) is 76.3 cm³/mol. The van der Waals surface area contributed by atoms with Crippen LogP contribution in [-0.2, 0) is 0 Å². The van der Waals surface area contributed by atoms with Crippen molar-refractivity contribution in [3.8, 4) is 0 Å². The Balaban J connectivity index is -0.000000143. The minimum atomic E-state index is 0. The number of hydrogen-bond acceptors (Lipinski definition) is 2. The van der Waals surface area contributed by atoms with Crippen molar-refractivity contribution in [3.05, 3.63) is 0 Å². The first-order chi connectivity index (χ1) is 5.54. The average molecular weight is 370 g/mol. The van der Waals surface area contributed by atoms with Crippen molar-refractivity contribution in [1.82, 2.24) is 10.6 Å². The Morgan fingerprint density at radius 3 is 1.23 bits per heavy atom. The van der Waals surface area contributed by atoms with E-state index >= 15 is 0 Å². The normalized spacial score (nSPS) is 7.08. The van der Waals surface area contributed by atoms with Gasteiger partial charge in [-0.2, -0.15) is 0 Å². The van der Waals surface area contributed by atoms with E-state index in [1.54, 1.807) is 0 Å². The first kappa shape index (κ1) is 19.8. The maximum atomic E-state index is 4.55. The number of thiol groups is 2. The van der Waals surface area contributed by atoms with Crippen molar-refractivity contribution in [2.75, 3.05) is 13.1 Å². The topological polar surface area (TPSA) is 24.1 Å². The molecule has 0 fully saturated rings. The maximum absolute atomic E-state index is 4.55. The Bertz CT molecular complexity index is 127. The summed E-state index contributed by atoms with van der Waals surface area (Å²) in [5, 5.41) is 5.61. The van der Waals surface area contributed by atoms with Gasteiger partial charge in [-0.05, 0) is 13.8 Å². The smallest absolute Gasteiger partial charge is 0.130 e. The summed E-state index contributed by atoms with van der Waals surface area (Å²) in [7, 11) is 0. The van der Waals surface area contributed by atoms with Crippen LogP contribution >= 0.6 is 49.7 Å². The Morgan fingerprint density at radius 2 is 1.23 bits per heavy atom. The van der Waals surface area contributed by atoms with E-state index in [0.717, 1.165) is 13.1 Å². The summed E-state index contributed by atoms with van der Waals surface area (Å²) in [6, 6.07) is 0. The van der Waals surface area contributed by atoms with Gasteiger partial charge >= 0.3 is 0 Å². The summed E-state index contributed by atoms with van der Waals surface area (Å²) < 4.78 is 1.13. The standard InChI is InChI=1S/2C3H7NS2.Te/c2*1-2-4-3(5)6;/h2*2H2,1H3,(H2,4,5,6);. The summed E-state index contributed by atoms with van der Waals surface area (Å²) >= 11 is 16.7. The number of nitrogens with one attached hydrogen (secondary N) is 2. The molecule has 0 rings (SSSR count). The quantitative estimate of drug-likeness (QED) is 0.334. The van der Waals surface area contributed by atoms with Crippen LogP contribution in [0.1, 0.15) is 13.8 Å². The van der Waals surface area contributed by atoms with Crippen molar-refractivity contribution in [3.63, 3.8) is 0 Å². The number of rotatable bonds is 2. The molecule has 0 bridgehead atoms. The van der Waals surface area contributed by atoms with Crippen LogP contribution in [0.5, 0.6) is 0 Å². The monoisotopic (exact) mass is 372 g/mol. The first-order valence-electron chi connectivity index (χ1n) is 3.48. The van der Waals surface area contributed by atoms with Gasteiger partial charge in [-0.15, -0.1) is 25.3 Å². The second kappa shape index (κ2) is 15.7. The third-order valence-electron chi connectivity index (χ3n) is 0.656. The molecular weight excluding hydrogens is 356 g/mol. The Hall–Kier alpha value is 1.27. The second-order valence-corrected chi connectivity index (χ2v) is 3.99. The van der Waals surface area contributed by atoms with E-state index in [2.05, 4.69) is 60.3 Å². The van der Waals surface area contributed by atoms with Crippen molar-refractivity contribution in [1.29, 1.82) is 0 Å². The number of thiocarbonyl (C=S) groups is 2. The fourth-order valence-corrected chi connectivity index (χ4v) is 0.907. The molecule has 13 heavy (non-hydrogen) atoms. The van der Waals surface area contributed by atoms with Crippen molar-refractivity contribution >= 4 is 82.0 Å². The molecule has 0 spiro atoms. The molecule has 0 unspecified atom stereocenters. The third-order valence-corrected chi connectivity index (χ3v) is 1.26. The maximum Gasteiger partial charge on any atom is 0.130 e. The van der Waals surface area contributed by atoms with Gasteiger partial charge in [-0.3, -0.25) is 0 Å². The largest absolute Gasteiger partial charge is 0.371 e. The molecule has 0 atom stereocenters. The molecule has 0 aromatic heterocycles. The van der Waals surface area contributed by atoms with E-state index < -0.39 is 0 Å². The van der Waals surface area contributed by atoms with Gasteiger partial charge in [0.25, 0.3) is 0 Å². The molecule has 0 aliphatic rings.